The Balaban J connectivity index is 1.38. The van der Waals surface area contributed by atoms with E-state index in [2.05, 4.69) is 10.2 Å². The Morgan fingerprint density at radius 1 is 1.00 bits per heavy atom. The van der Waals surface area contributed by atoms with E-state index in [-0.39, 0.29) is 24.8 Å². The molecule has 0 aromatic heterocycles. The second kappa shape index (κ2) is 10.7. The number of nitrogens with one attached hydrogen (secondary N) is 1. The van der Waals surface area contributed by atoms with Crippen LogP contribution < -0.4 is 19.7 Å². The Morgan fingerprint density at radius 3 is 2.23 bits per heavy atom. The van der Waals surface area contributed by atoms with E-state index < -0.39 is 10.0 Å². The Labute approximate surface area is 187 Å². The van der Waals surface area contributed by atoms with Crippen LogP contribution in [0, 0.1) is 0 Å². The number of halogens is 1. The molecule has 1 amide bonds. The molecule has 1 N–H and O–H groups in total. The van der Waals surface area contributed by atoms with Crippen molar-refractivity contribution in [1.82, 2.24) is 9.62 Å². The van der Waals surface area contributed by atoms with Gasteiger partial charge in [-0.15, -0.1) is 0 Å². The van der Waals surface area contributed by atoms with Gasteiger partial charge in [-0.2, -0.15) is 4.31 Å². The molecule has 0 aliphatic carbocycles. The van der Waals surface area contributed by atoms with Gasteiger partial charge in [0.15, 0.2) is 6.61 Å². The Hall–Kier alpha value is -2.49. The summed E-state index contributed by atoms with van der Waals surface area (Å²) >= 11 is 5.92. The second-order valence-corrected chi connectivity index (χ2v) is 9.52. The van der Waals surface area contributed by atoms with Gasteiger partial charge in [-0.3, -0.25) is 4.79 Å². The zero-order valence-corrected chi connectivity index (χ0v) is 18.9. The van der Waals surface area contributed by atoms with E-state index in [1.54, 1.807) is 31.4 Å². The summed E-state index contributed by atoms with van der Waals surface area (Å²) in [5.41, 5.74) is 1.02. The molecule has 8 nitrogen and oxygen atoms in total. The minimum Gasteiger partial charge on any atom is -0.497 e. The highest BCUT2D eigenvalue weighted by Crippen LogP contribution is 2.20. The fraction of sp³-hybridized carbons (Fsp3) is 0.381. The number of methoxy groups -OCH3 is 1. The third kappa shape index (κ3) is 6.75. The van der Waals surface area contributed by atoms with Crippen molar-refractivity contribution in [2.75, 3.05) is 57.1 Å². The number of sulfonamides is 1. The number of carbonyl (C=O) groups excluding carboxylic acids is 1. The Morgan fingerprint density at radius 2 is 1.61 bits per heavy atom. The van der Waals surface area contributed by atoms with Crippen LogP contribution in [-0.2, 0) is 14.8 Å². The third-order valence-electron chi connectivity index (χ3n) is 4.94. The van der Waals surface area contributed by atoms with Crippen molar-refractivity contribution in [2.45, 2.75) is 0 Å². The van der Waals surface area contributed by atoms with E-state index >= 15 is 0 Å². The number of benzene rings is 2. The molecule has 0 unspecified atom stereocenters. The van der Waals surface area contributed by atoms with Crippen LogP contribution in [0.1, 0.15) is 0 Å². The fourth-order valence-electron chi connectivity index (χ4n) is 3.20. The van der Waals surface area contributed by atoms with Gasteiger partial charge in [0.1, 0.15) is 11.5 Å². The smallest absolute Gasteiger partial charge is 0.257 e. The van der Waals surface area contributed by atoms with Crippen LogP contribution in [0.3, 0.4) is 0 Å². The summed E-state index contributed by atoms with van der Waals surface area (Å²) < 4.78 is 37.1. The first-order chi connectivity index (χ1) is 14.9. The predicted molar refractivity (Wildman–Crippen MR) is 121 cm³/mol. The fourth-order valence-corrected chi connectivity index (χ4v) is 4.66. The molecule has 2 aromatic carbocycles. The summed E-state index contributed by atoms with van der Waals surface area (Å²) in [5, 5.41) is 3.26. The maximum atomic E-state index is 12.6. The van der Waals surface area contributed by atoms with Crippen molar-refractivity contribution in [1.29, 1.82) is 0 Å². The second-order valence-electron chi connectivity index (χ2n) is 6.99. The SMILES string of the molecule is COc1ccc(OCC(=O)NCCS(=O)(=O)N2CCN(c3ccc(Cl)cc3)CC2)cc1. The van der Waals surface area contributed by atoms with Crippen molar-refractivity contribution in [2.24, 2.45) is 0 Å². The standard InChI is InChI=1S/C21H26ClN3O5S/c1-29-19-6-8-20(9-7-19)30-16-21(26)23-10-15-31(27,28)25-13-11-24(12-14-25)18-4-2-17(22)3-5-18/h2-9H,10-16H2,1H3,(H,23,26). The number of rotatable bonds is 9. The topological polar surface area (TPSA) is 88.2 Å². The van der Waals surface area contributed by atoms with E-state index in [9.17, 15) is 13.2 Å². The molecule has 168 valence electrons. The lowest BCUT2D eigenvalue weighted by Crippen LogP contribution is -2.50. The first kappa shape index (κ1) is 23.2. The quantitative estimate of drug-likeness (QED) is 0.606. The maximum absolute atomic E-state index is 12.6. The van der Waals surface area contributed by atoms with Gasteiger partial charge in [-0.1, -0.05) is 11.6 Å². The number of hydrogen-bond acceptors (Lipinski definition) is 6. The van der Waals surface area contributed by atoms with Crippen LogP contribution in [0.4, 0.5) is 5.69 Å². The zero-order chi connectivity index (χ0) is 22.3. The molecular weight excluding hydrogens is 442 g/mol. The first-order valence-electron chi connectivity index (χ1n) is 9.89. The third-order valence-corrected chi connectivity index (χ3v) is 7.06. The summed E-state index contributed by atoms with van der Waals surface area (Å²) in [6.07, 6.45) is 0. The molecule has 0 atom stereocenters. The van der Waals surface area contributed by atoms with Crippen LogP contribution in [-0.4, -0.2) is 70.8 Å². The lowest BCUT2D eigenvalue weighted by molar-refractivity contribution is -0.122. The number of anilines is 1. The number of amides is 1. The monoisotopic (exact) mass is 467 g/mol. The van der Waals surface area contributed by atoms with E-state index in [0.29, 0.717) is 42.7 Å². The molecule has 31 heavy (non-hydrogen) atoms. The van der Waals surface area contributed by atoms with E-state index in [0.717, 1.165) is 5.69 Å². The lowest BCUT2D eigenvalue weighted by atomic mass is 10.2. The summed E-state index contributed by atoms with van der Waals surface area (Å²) in [6, 6.07) is 14.3. The van der Waals surface area contributed by atoms with Gasteiger partial charge < -0.3 is 19.7 Å². The molecule has 0 bridgehead atoms. The molecule has 1 aliphatic rings. The van der Waals surface area contributed by atoms with Gasteiger partial charge in [0.25, 0.3) is 5.91 Å². The van der Waals surface area contributed by atoms with Crippen molar-refractivity contribution in [3.05, 3.63) is 53.6 Å². The molecule has 1 heterocycles. The Kier molecular flexibility index (Phi) is 8.00. The molecule has 1 aliphatic heterocycles. The molecule has 3 rings (SSSR count). The van der Waals surface area contributed by atoms with Gasteiger partial charge in [0.05, 0.1) is 12.9 Å². The molecule has 1 fully saturated rings. The predicted octanol–water partition coefficient (Wildman–Crippen LogP) is 2.00. The average Bonchev–Trinajstić information content (AvgIpc) is 2.78. The van der Waals surface area contributed by atoms with Crippen molar-refractivity contribution in [3.63, 3.8) is 0 Å². The maximum Gasteiger partial charge on any atom is 0.257 e. The minimum absolute atomic E-state index is 0.0323. The van der Waals surface area contributed by atoms with Crippen LogP contribution in [0.25, 0.3) is 0 Å². The van der Waals surface area contributed by atoms with Crippen LogP contribution in [0.2, 0.25) is 5.02 Å². The molecule has 0 spiro atoms. The number of nitrogens with zero attached hydrogens (tertiary/aromatic N) is 2. The van der Waals surface area contributed by atoms with E-state index in [1.165, 1.54) is 4.31 Å². The van der Waals surface area contributed by atoms with E-state index in [4.69, 9.17) is 21.1 Å². The summed E-state index contributed by atoms with van der Waals surface area (Å²) in [6.45, 7) is 1.85. The minimum atomic E-state index is -3.45. The largest absolute Gasteiger partial charge is 0.497 e. The summed E-state index contributed by atoms with van der Waals surface area (Å²) in [5.74, 6) is 0.694. The van der Waals surface area contributed by atoms with Gasteiger partial charge >= 0.3 is 0 Å². The summed E-state index contributed by atoms with van der Waals surface area (Å²) in [7, 11) is -1.88. The highest BCUT2D eigenvalue weighted by atomic mass is 35.5. The van der Waals surface area contributed by atoms with Crippen molar-refractivity contribution in [3.8, 4) is 11.5 Å². The number of carbonyl (C=O) groups is 1. The molecule has 0 radical (unpaired) electrons. The lowest BCUT2D eigenvalue weighted by Gasteiger charge is -2.35. The van der Waals surface area contributed by atoms with Gasteiger partial charge in [0, 0.05) is 43.4 Å². The van der Waals surface area contributed by atoms with E-state index in [1.807, 2.05) is 24.3 Å². The first-order valence-corrected chi connectivity index (χ1v) is 11.9. The van der Waals surface area contributed by atoms with Crippen molar-refractivity contribution < 1.29 is 22.7 Å². The molecule has 2 aromatic rings. The number of hydrogen-bond donors (Lipinski definition) is 1. The van der Waals surface area contributed by atoms with Gasteiger partial charge in [-0.05, 0) is 48.5 Å². The van der Waals surface area contributed by atoms with Crippen LogP contribution >= 0.6 is 11.6 Å². The summed E-state index contributed by atoms with van der Waals surface area (Å²) in [4.78, 5) is 14.1. The molecule has 0 saturated carbocycles. The average molecular weight is 468 g/mol. The molecular formula is C21H26ClN3O5S. The Bertz CT molecular complexity index is 960. The number of ether oxygens (including phenoxy) is 2. The van der Waals surface area contributed by atoms with Crippen LogP contribution in [0.5, 0.6) is 11.5 Å². The van der Waals surface area contributed by atoms with Gasteiger partial charge in [-0.25, -0.2) is 8.42 Å². The van der Waals surface area contributed by atoms with Crippen LogP contribution in [0.15, 0.2) is 48.5 Å². The van der Waals surface area contributed by atoms with Crippen molar-refractivity contribution >= 4 is 33.2 Å². The highest BCUT2D eigenvalue weighted by Gasteiger charge is 2.26. The highest BCUT2D eigenvalue weighted by molar-refractivity contribution is 7.89. The normalized spacial score (nSPS) is 14.8. The van der Waals surface area contributed by atoms with Gasteiger partial charge in [0.2, 0.25) is 10.0 Å². The zero-order valence-electron chi connectivity index (χ0n) is 17.3. The number of piperazine rings is 1. The molecule has 1 saturated heterocycles. The molecule has 10 heteroatoms.